The van der Waals surface area contributed by atoms with Gasteiger partial charge < -0.3 is 24.8 Å². The summed E-state index contributed by atoms with van der Waals surface area (Å²) in [4.78, 5) is 32.0. The van der Waals surface area contributed by atoms with Crippen molar-refractivity contribution in [2.45, 2.75) is 44.1 Å². The Kier molecular flexibility index (Phi) is 5.74. The van der Waals surface area contributed by atoms with E-state index in [0.717, 1.165) is 28.4 Å². The molecule has 158 valence electrons. The zero-order valence-electron chi connectivity index (χ0n) is 17.0. The summed E-state index contributed by atoms with van der Waals surface area (Å²) in [5.41, 5.74) is 1.37. The summed E-state index contributed by atoms with van der Waals surface area (Å²) in [6.45, 7) is 0.493. The molecule has 1 atom stereocenters. The number of H-pyrrole nitrogens is 1. The number of ether oxygens (including phenoxy) is 1. The number of furan rings is 1. The fraction of sp³-hybridized carbons (Fsp3) is 0.409. The average molecular weight is 410 g/mol. The molecule has 2 aromatic heterocycles. The van der Waals surface area contributed by atoms with Crippen molar-refractivity contribution in [2.75, 3.05) is 13.7 Å². The van der Waals surface area contributed by atoms with E-state index in [2.05, 4.69) is 20.6 Å². The van der Waals surface area contributed by atoms with Gasteiger partial charge in [-0.05, 0) is 37.1 Å². The van der Waals surface area contributed by atoms with E-state index in [1.807, 2.05) is 30.3 Å². The first-order valence-electron chi connectivity index (χ1n) is 10.2. The molecule has 0 aliphatic carbocycles. The molecule has 8 nitrogen and oxygen atoms in total. The van der Waals surface area contributed by atoms with Crippen LogP contribution in [0, 0.1) is 0 Å². The number of rotatable bonds is 9. The van der Waals surface area contributed by atoms with Gasteiger partial charge in [0.2, 0.25) is 11.8 Å². The third-order valence-corrected chi connectivity index (χ3v) is 5.58. The smallest absolute Gasteiger partial charge is 0.220 e. The van der Waals surface area contributed by atoms with Crippen molar-refractivity contribution in [2.24, 2.45) is 0 Å². The predicted molar refractivity (Wildman–Crippen MR) is 111 cm³/mol. The van der Waals surface area contributed by atoms with Crippen molar-refractivity contribution >= 4 is 22.8 Å². The number of aromatic nitrogens is 2. The fourth-order valence-electron chi connectivity index (χ4n) is 3.98. The number of fused-ring (bicyclic) bond motifs is 1. The third kappa shape index (κ3) is 4.64. The predicted octanol–water partition coefficient (Wildman–Crippen LogP) is 2.49. The van der Waals surface area contributed by atoms with E-state index in [-0.39, 0.29) is 11.8 Å². The van der Waals surface area contributed by atoms with Crippen LogP contribution in [0.3, 0.4) is 0 Å². The standard InChI is InChI=1S/C22H26N4O4/c1-29-15-4-5-17-18(13-15)25-19(24-17)8-11-23-20(27)6-9-22(10-7-21(28)26-22)14-16-3-2-12-30-16/h2-5,12-13H,6-11,14H2,1H3,(H,23,27)(H,24,25)(H,26,28). The Hall–Kier alpha value is -3.29. The SMILES string of the molecule is COc1ccc2nc(CCNC(=O)CCC3(Cc4ccco4)CCC(=O)N3)[nH]c2c1. The number of aromatic amines is 1. The lowest BCUT2D eigenvalue weighted by Gasteiger charge is -2.28. The molecule has 1 saturated heterocycles. The molecule has 0 spiro atoms. The maximum atomic E-state index is 12.4. The van der Waals surface area contributed by atoms with E-state index in [4.69, 9.17) is 9.15 Å². The molecule has 3 N–H and O–H groups in total. The second kappa shape index (κ2) is 8.61. The molecule has 1 aromatic carbocycles. The number of benzene rings is 1. The summed E-state index contributed by atoms with van der Waals surface area (Å²) in [7, 11) is 1.63. The number of imidazole rings is 1. The van der Waals surface area contributed by atoms with Gasteiger partial charge in [0.25, 0.3) is 0 Å². The maximum Gasteiger partial charge on any atom is 0.220 e. The molecule has 0 radical (unpaired) electrons. The Morgan fingerprint density at radius 1 is 1.37 bits per heavy atom. The van der Waals surface area contributed by atoms with E-state index in [0.29, 0.717) is 45.1 Å². The monoisotopic (exact) mass is 410 g/mol. The molecule has 1 aliphatic rings. The van der Waals surface area contributed by atoms with E-state index in [9.17, 15) is 9.59 Å². The quantitative estimate of drug-likeness (QED) is 0.502. The lowest BCUT2D eigenvalue weighted by Crippen LogP contribution is -2.44. The fourth-order valence-corrected chi connectivity index (χ4v) is 3.98. The molecule has 1 aliphatic heterocycles. The van der Waals surface area contributed by atoms with Gasteiger partial charge in [0.05, 0.1) is 24.4 Å². The Balaban J connectivity index is 1.27. The molecular formula is C22H26N4O4. The molecule has 4 rings (SSSR count). The lowest BCUT2D eigenvalue weighted by atomic mass is 9.87. The van der Waals surface area contributed by atoms with Crippen LogP contribution in [0.1, 0.15) is 37.3 Å². The minimum Gasteiger partial charge on any atom is -0.497 e. The van der Waals surface area contributed by atoms with E-state index >= 15 is 0 Å². The minimum atomic E-state index is -0.413. The molecule has 30 heavy (non-hydrogen) atoms. The normalized spacial score (nSPS) is 18.5. The molecule has 0 saturated carbocycles. The molecule has 8 heteroatoms. The lowest BCUT2D eigenvalue weighted by molar-refractivity contribution is -0.122. The second-order valence-corrected chi connectivity index (χ2v) is 7.75. The Morgan fingerprint density at radius 2 is 2.27 bits per heavy atom. The summed E-state index contributed by atoms with van der Waals surface area (Å²) < 4.78 is 10.7. The first-order valence-corrected chi connectivity index (χ1v) is 10.2. The molecule has 1 fully saturated rings. The van der Waals surface area contributed by atoms with Crippen molar-refractivity contribution in [3.63, 3.8) is 0 Å². The highest BCUT2D eigenvalue weighted by Gasteiger charge is 2.38. The van der Waals surface area contributed by atoms with Crippen molar-refractivity contribution < 1.29 is 18.7 Å². The average Bonchev–Trinajstić information content (AvgIpc) is 3.46. The number of hydrogen-bond donors (Lipinski definition) is 3. The van der Waals surface area contributed by atoms with Crippen molar-refractivity contribution in [3.05, 3.63) is 48.2 Å². The van der Waals surface area contributed by atoms with Crippen LogP contribution < -0.4 is 15.4 Å². The molecule has 3 heterocycles. The van der Waals surface area contributed by atoms with Crippen molar-refractivity contribution in [1.29, 1.82) is 0 Å². The van der Waals surface area contributed by atoms with Gasteiger partial charge in [0, 0.05) is 43.8 Å². The van der Waals surface area contributed by atoms with Crippen LogP contribution in [0.2, 0.25) is 0 Å². The van der Waals surface area contributed by atoms with Crippen LogP contribution in [0.15, 0.2) is 41.0 Å². The summed E-state index contributed by atoms with van der Waals surface area (Å²) in [6.07, 6.45) is 4.95. The molecule has 2 amide bonds. The van der Waals surface area contributed by atoms with Gasteiger partial charge in [-0.25, -0.2) is 4.98 Å². The van der Waals surface area contributed by atoms with Gasteiger partial charge in [-0.3, -0.25) is 9.59 Å². The van der Waals surface area contributed by atoms with Gasteiger partial charge in [0.15, 0.2) is 0 Å². The zero-order valence-corrected chi connectivity index (χ0v) is 17.0. The first-order chi connectivity index (χ1) is 14.5. The van der Waals surface area contributed by atoms with Crippen LogP contribution in [-0.2, 0) is 22.4 Å². The van der Waals surface area contributed by atoms with Crippen LogP contribution in [0.25, 0.3) is 11.0 Å². The summed E-state index contributed by atoms with van der Waals surface area (Å²) >= 11 is 0. The number of methoxy groups -OCH3 is 1. The summed E-state index contributed by atoms with van der Waals surface area (Å²) in [6, 6.07) is 9.41. The molecule has 1 unspecified atom stereocenters. The van der Waals surface area contributed by atoms with Gasteiger partial charge in [-0.15, -0.1) is 0 Å². The molecular weight excluding hydrogens is 384 g/mol. The van der Waals surface area contributed by atoms with Gasteiger partial charge in [-0.2, -0.15) is 0 Å². The molecule has 3 aromatic rings. The first kappa shape index (κ1) is 20.0. The summed E-state index contributed by atoms with van der Waals surface area (Å²) in [5, 5.41) is 6.01. The van der Waals surface area contributed by atoms with Gasteiger partial charge in [0.1, 0.15) is 17.3 Å². The number of nitrogens with one attached hydrogen (secondary N) is 3. The van der Waals surface area contributed by atoms with Crippen LogP contribution in [-0.4, -0.2) is 41.0 Å². The van der Waals surface area contributed by atoms with Gasteiger partial charge in [-0.1, -0.05) is 0 Å². The number of nitrogens with zero attached hydrogens (tertiary/aromatic N) is 1. The number of amides is 2. The second-order valence-electron chi connectivity index (χ2n) is 7.75. The van der Waals surface area contributed by atoms with Crippen LogP contribution in [0.4, 0.5) is 0 Å². The highest BCUT2D eigenvalue weighted by atomic mass is 16.5. The number of carbonyl (C=O) groups is 2. The third-order valence-electron chi connectivity index (χ3n) is 5.58. The Morgan fingerprint density at radius 3 is 3.00 bits per heavy atom. The number of carbonyl (C=O) groups excluding carboxylic acids is 2. The minimum absolute atomic E-state index is 0.0310. The maximum absolute atomic E-state index is 12.4. The topological polar surface area (TPSA) is 109 Å². The van der Waals surface area contributed by atoms with E-state index in [1.165, 1.54) is 0 Å². The van der Waals surface area contributed by atoms with Crippen LogP contribution in [0.5, 0.6) is 5.75 Å². The highest BCUT2D eigenvalue weighted by Crippen LogP contribution is 2.29. The van der Waals surface area contributed by atoms with Gasteiger partial charge >= 0.3 is 0 Å². The molecule has 0 bridgehead atoms. The van der Waals surface area contributed by atoms with E-state index in [1.54, 1.807) is 13.4 Å². The number of hydrogen-bond acceptors (Lipinski definition) is 5. The Bertz CT molecular complexity index is 1030. The van der Waals surface area contributed by atoms with E-state index < -0.39 is 5.54 Å². The zero-order chi connectivity index (χ0) is 21.0. The Labute approximate surface area is 174 Å². The highest BCUT2D eigenvalue weighted by molar-refractivity contribution is 5.80. The largest absolute Gasteiger partial charge is 0.497 e. The van der Waals surface area contributed by atoms with Crippen LogP contribution >= 0.6 is 0 Å². The van der Waals surface area contributed by atoms with Crippen molar-refractivity contribution in [1.82, 2.24) is 20.6 Å². The summed E-state index contributed by atoms with van der Waals surface area (Å²) in [5.74, 6) is 2.40. The van der Waals surface area contributed by atoms with Crippen molar-refractivity contribution in [3.8, 4) is 5.75 Å².